The van der Waals surface area contributed by atoms with Gasteiger partial charge in [0.1, 0.15) is 0 Å². The standard InChI is InChI=1S/C9H8F5NOS/c1-5(6-3-2-4-17-6)15-7(16)8(10,11)9(12,13)14/h2-5H,1H3,(H,15,16)/t5-/m0/s1. The normalized spacial score (nSPS) is 14.5. The highest BCUT2D eigenvalue weighted by Crippen LogP contribution is 2.36. The van der Waals surface area contributed by atoms with Crippen LogP contribution in [-0.2, 0) is 4.79 Å². The lowest BCUT2D eigenvalue weighted by Crippen LogP contribution is -2.50. The van der Waals surface area contributed by atoms with Gasteiger partial charge in [0.25, 0.3) is 0 Å². The Hall–Kier alpha value is -1.18. The Bertz CT molecular complexity index is 387. The van der Waals surface area contributed by atoms with Gasteiger partial charge < -0.3 is 5.32 Å². The highest BCUT2D eigenvalue weighted by Gasteiger charge is 2.63. The van der Waals surface area contributed by atoms with Crippen molar-refractivity contribution in [3.05, 3.63) is 22.4 Å². The number of carbonyl (C=O) groups excluding carboxylic acids is 1. The van der Waals surface area contributed by atoms with E-state index in [9.17, 15) is 26.7 Å². The van der Waals surface area contributed by atoms with Crippen LogP contribution in [0.3, 0.4) is 0 Å². The van der Waals surface area contributed by atoms with Crippen LogP contribution >= 0.6 is 11.3 Å². The molecule has 0 fully saturated rings. The van der Waals surface area contributed by atoms with Crippen molar-refractivity contribution >= 4 is 17.2 Å². The van der Waals surface area contributed by atoms with Crippen LogP contribution in [0.4, 0.5) is 22.0 Å². The molecule has 2 nitrogen and oxygen atoms in total. The quantitative estimate of drug-likeness (QED) is 0.842. The van der Waals surface area contributed by atoms with Crippen molar-refractivity contribution in [3.63, 3.8) is 0 Å². The second kappa shape index (κ2) is 4.59. The summed E-state index contributed by atoms with van der Waals surface area (Å²) in [4.78, 5) is 11.3. The van der Waals surface area contributed by atoms with Crippen molar-refractivity contribution in [3.8, 4) is 0 Å². The summed E-state index contributed by atoms with van der Waals surface area (Å²) < 4.78 is 60.8. The van der Waals surface area contributed by atoms with E-state index in [0.717, 1.165) is 11.3 Å². The van der Waals surface area contributed by atoms with E-state index in [4.69, 9.17) is 0 Å². The Morgan fingerprint density at radius 1 is 1.35 bits per heavy atom. The number of thiophene rings is 1. The summed E-state index contributed by atoms with van der Waals surface area (Å²) in [7, 11) is 0. The maximum atomic E-state index is 12.6. The van der Waals surface area contributed by atoms with Gasteiger partial charge in [0, 0.05) is 4.88 Å². The smallest absolute Gasteiger partial charge is 0.343 e. The molecule has 0 unspecified atom stereocenters. The molecule has 0 aliphatic heterocycles. The van der Waals surface area contributed by atoms with Crippen molar-refractivity contribution in [2.45, 2.75) is 25.1 Å². The first kappa shape index (κ1) is 13.9. The third-order valence-corrected chi connectivity index (χ3v) is 3.01. The Morgan fingerprint density at radius 3 is 2.35 bits per heavy atom. The van der Waals surface area contributed by atoms with Crippen molar-refractivity contribution < 1.29 is 26.7 Å². The van der Waals surface area contributed by atoms with Gasteiger partial charge in [-0.15, -0.1) is 11.3 Å². The van der Waals surface area contributed by atoms with Crippen LogP contribution in [0, 0.1) is 0 Å². The minimum absolute atomic E-state index is 0.497. The molecule has 0 bridgehead atoms. The average molecular weight is 273 g/mol. The van der Waals surface area contributed by atoms with Crippen LogP contribution in [0.25, 0.3) is 0 Å². The van der Waals surface area contributed by atoms with Crippen LogP contribution in [0.15, 0.2) is 17.5 Å². The van der Waals surface area contributed by atoms with E-state index in [-0.39, 0.29) is 0 Å². The zero-order valence-corrected chi connectivity index (χ0v) is 9.33. The first-order chi connectivity index (χ1) is 7.66. The fourth-order valence-corrected chi connectivity index (χ4v) is 1.76. The molecule has 8 heteroatoms. The molecular weight excluding hydrogens is 265 g/mol. The summed E-state index contributed by atoms with van der Waals surface area (Å²) in [5.41, 5.74) is 0. The van der Waals surface area contributed by atoms with Crippen molar-refractivity contribution in [2.24, 2.45) is 0 Å². The molecule has 0 saturated heterocycles. The van der Waals surface area contributed by atoms with Crippen LogP contribution in [-0.4, -0.2) is 18.0 Å². The number of hydrogen-bond donors (Lipinski definition) is 1. The first-order valence-electron chi connectivity index (χ1n) is 4.45. The molecular formula is C9H8F5NOS. The molecule has 0 aromatic carbocycles. The number of alkyl halides is 5. The predicted molar refractivity (Wildman–Crippen MR) is 51.9 cm³/mol. The minimum Gasteiger partial charge on any atom is -0.343 e. The van der Waals surface area contributed by atoms with Gasteiger partial charge in [-0.3, -0.25) is 4.79 Å². The lowest BCUT2D eigenvalue weighted by Gasteiger charge is -2.21. The maximum absolute atomic E-state index is 12.6. The topological polar surface area (TPSA) is 29.1 Å². The van der Waals surface area contributed by atoms with Crippen LogP contribution < -0.4 is 5.32 Å². The fourth-order valence-electron chi connectivity index (χ4n) is 1.02. The van der Waals surface area contributed by atoms with Gasteiger partial charge in [-0.05, 0) is 18.4 Å². The number of carbonyl (C=O) groups is 1. The molecule has 1 aromatic rings. The van der Waals surface area contributed by atoms with E-state index < -0.39 is 24.0 Å². The lowest BCUT2D eigenvalue weighted by atomic mass is 10.2. The predicted octanol–water partition coefficient (Wildman–Crippen LogP) is 3.12. The van der Waals surface area contributed by atoms with E-state index in [1.54, 1.807) is 16.8 Å². The van der Waals surface area contributed by atoms with Gasteiger partial charge >= 0.3 is 18.0 Å². The molecule has 1 heterocycles. The third-order valence-electron chi connectivity index (χ3n) is 1.96. The Morgan fingerprint density at radius 2 is 1.94 bits per heavy atom. The van der Waals surface area contributed by atoms with Crippen LogP contribution in [0.2, 0.25) is 0 Å². The second-order valence-corrected chi connectivity index (χ2v) is 4.26. The molecule has 0 spiro atoms. The van der Waals surface area contributed by atoms with Gasteiger partial charge in [-0.1, -0.05) is 6.07 Å². The van der Waals surface area contributed by atoms with E-state index in [1.165, 1.54) is 13.0 Å². The zero-order chi connectivity index (χ0) is 13.3. The molecule has 1 amide bonds. The van der Waals surface area contributed by atoms with E-state index in [1.807, 2.05) is 0 Å². The number of nitrogens with one attached hydrogen (secondary N) is 1. The summed E-state index contributed by atoms with van der Waals surface area (Å²) in [5.74, 6) is -7.72. The highest BCUT2D eigenvalue weighted by molar-refractivity contribution is 7.10. The van der Waals surface area contributed by atoms with Gasteiger partial charge in [0.15, 0.2) is 0 Å². The molecule has 1 rings (SSSR count). The number of halogens is 5. The van der Waals surface area contributed by atoms with Gasteiger partial charge in [-0.25, -0.2) is 0 Å². The monoisotopic (exact) mass is 273 g/mol. The van der Waals surface area contributed by atoms with Crippen molar-refractivity contribution in [1.29, 1.82) is 0 Å². The summed E-state index contributed by atoms with van der Waals surface area (Å²) in [6.07, 6.45) is -5.88. The van der Waals surface area contributed by atoms with E-state index in [2.05, 4.69) is 0 Å². The lowest BCUT2D eigenvalue weighted by molar-refractivity contribution is -0.270. The fraction of sp³-hybridized carbons (Fsp3) is 0.444. The van der Waals surface area contributed by atoms with E-state index >= 15 is 0 Å². The minimum atomic E-state index is -5.88. The first-order valence-corrected chi connectivity index (χ1v) is 5.33. The molecule has 0 radical (unpaired) electrons. The number of rotatable bonds is 3. The number of hydrogen-bond acceptors (Lipinski definition) is 2. The van der Waals surface area contributed by atoms with Gasteiger partial charge in [-0.2, -0.15) is 22.0 Å². The summed E-state index contributed by atoms with van der Waals surface area (Å²) in [5, 5.41) is 3.26. The molecule has 1 aromatic heterocycles. The van der Waals surface area contributed by atoms with Crippen LogP contribution in [0.5, 0.6) is 0 Å². The SMILES string of the molecule is C[C@H](NC(=O)C(F)(F)C(F)(F)F)c1cccs1. The molecule has 1 N–H and O–H groups in total. The third kappa shape index (κ3) is 2.93. The Labute approximate surface area is 97.4 Å². The zero-order valence-electron chi connectivity index (χ0n) is 8.52. The maximum Gasteiger partial charge on any atom is 0.463 e. The van der Waals surface area contributed by atoms with E-state index in [0.29, 0.717) is 4.88 Å². The molecule has 17 heavy (non-hydrogen) atoms. The summed E-state index contributed by atoms with van der Waals surface area (Å²) in [6, 6.07) is 2.24. The van der Waals surface area contributed by atoms with Crippen LogP contribution in [0.1, 0.15) is 17.8 Å². The second-order valence-electron chi connectivity index (χ2n) is 3.28. The average Bonchev–Trinajstić information content (AvgIpc) is 2.68. The van der Waals surface area contributed by atoms with Crippen molar-refractivity contribution in [1.82, 2.24) is 5.32 Å². The Kier molecular flexibility index (Phi) is 3.75. The molecule has 0 aliphatic carbocycles. The summed E-state index contributed by atoms with van der Waals surface area (Å²) >= 11 is 1.15. The Balaban J connectivity index is 2.73. The molecule has 0 saturated carbocycles. The summed E-state index contributed by atoms with van der Waals surface area (Å²) in [6.45, 7) is 1.33. The molecule has 1 atom stereocenters. The van der Waals surface area contributed by atoms with Gasteiger partial charge in [0.2, 0.25) is 0 Å². The molecule has 0 aliphatic rings. The van der Waals surface area contributed by atoms with Crippen molar-refractivity contribution in [2.75, 3.05) is 0 Å². The highest BCUT2D eigenvalue weighted by atomic mass is 32.1. The largest absolute Gasteiger partial charge is 0.463 e. The number of amides is 1. The molecule has 96 valence electrons. The van der Waals surface area contributed by atoms with Gasteiger partial charge in [0.05, 0.1) is 6.04 Å².